The number of nitrogens with zero attached hydrogens (tertiary/aromatic N) is 2. The number of anilines is 1. The van der Waals surface area contributed by atoms with Gasteiger partial charge in [0.1, 0.15) is 0 Å². The second kappa shape index (κ2) is 10.9. The third kappa shape index (κ3) is 6.52. The quantitative estimate of drug-likeness (QED) is 0.538. The normalized spacial score (nSPS) is 18.0. The van der Waals surface area contributed by atoms with Gasteiger partial charge in [-0.2, -0.15) is 4.31 Å². The molecule has 0 spiro atoms. The zero-order chi connectivity index (χ0) is 23.1. The lowest BCUT2D eigenvalue weighted by molar-refractivity contribution is -0.127. The highest BCUT2D eigenvalue weighted by molar-refractivity contribution is 7.89. The highest BCUT2D eigenvalue weighted by atomic mass is 32.2. The molecule has 2 aliphatic heterocycles. The fourth-order valence-corrected chi connectivity index (χ4v) is 5.66. The van der Waals surface area contributed by atoms with E-state index in [4.69, 9.17) is 0 Å². The summed E-state index contributed by atoms with van der Waals surface area (Å²) in [7, 11) is -3.60. The van der Waals surface area contributed by atoms with Crippen LogP contribution in [0.15, 0.2) is 29.2 Å². The van der Waals surface area contributed by atoms with Gasteiger partial charge in [0.15, 0.2) is 0 Å². The first-order valence-electron chi connectivity index (χ1n) is 11.2. The Labute approximate surface area is 189 Å². The van der Waals surface area contributed by atoms with Crippen LogP contribution in [0.3, 0.4) is 0 Å². The zero-order valence-electron chi connectivity index (χ0n) is 18.5. The summed E-state index contributed by atoms with van der Waals surface area (Å²) in [5.41, 5.74) is 0.549. The fraction of sp³-hybridized carbons (Fsp3) is 0.591. The molecule has 1 aromatic carbocycles. The number of hydrogen-bond acceptors (Lipinski definition) is 5. The van der Waals surface area contributed by atoms with E-state index >= 15 is 0 Å². The van der Waals surface area contributed by atoms with Gasteiger partial charge in [-0.1, -0.05) is 0 Å². The Morgan fingerprint density at radius 2 is 1.78 bits per heavy atom. The number of benzene rings is 1. The highest BCUT2D eigenvalue weighted by Gasteiger charge is 2.30. The van der Waals surface area contributed by atoms with Crippen molar-refractivity contribution in [3.05, 3.63) is 24.3 Å². The Morgan fingerprint density at radius 1 is 1.09 bits per heavy atom. The number of likely N-dealkylation sites (tertiary alicyclic amines) is 1. The molecule has 2 saturated heterocycles. The van der Waals surface area contributed by atoms with E-state index in [2.05, 4.69) is 10.6 Å². The van der Waals surface area contributed by atoms with Crippen molar-refractivity contribution in [3.63, 3.8) is 0 Å². The third-order valence-corrected chi connectivity index (χ3v) is 7.87. The summed E-state index contributed by atoms with van der Waals surface area (Å²) in [4.78, 5) is 37.0. The molecule has 3 rings (SSSR count). The van der Waals surface area contributed by atoms with Crippen molar-refractivity contribution in [2.24, 2.45) is 5.92 Å². The molecule has 0 saturated carbocycles. The maximum atomic E-state index is 12.9. The SMILES string of the molecule is CC(=O)Nc1ccc(S(=O)(=O)N2CCC(CC(=O)NCCCN3CCCC3=O)CC2)cc1. The molecule has 32 heavy (non-hydrogen) atoms. The minimum Gasteiger partial charge on any atom is -0.356 e. The lowest BCUT2D eigenvalue weighted by Crippen LogP contribution is -2.39. The van der Waals surface area contributed by atoms with E-state index in [-0.39, 0.29) is 28.5 Å². The first kappa shape index (κ1) is 24.2. The third-order valence-electron chi connectivity index (χ3n) is 5.96. The van der Waals surface area contributed by atoms with Crippen molar-refractivity contribution in [1.29, 1.82) is 0 Å². The zero-order valence-corrected chi connectivity index (χ0v) is 19.3. The van der Waals surface area contributed by atoms with Gasteiger partial charge in [-0.15, -0.1) is 0 Å². The molecule has 0 aliphatic carbocycles. The average molecular weight is 465 g/mol. The number of rotatable bonds is 9. The van der Waals surface area contributed by atoms with E-state index in [0.717, 1.165) is 19.4 Å². The smallest absolute Gasteiger partial charge is 0.243 e. The number of piperidine rings is 1. The summed E-state index contributed by atoms with van der Waals surface area (Å²) in [6.07, 6.45) is 3.96. The first-order valence-corrected chi connectivity index (χ1v) is 12.6. The molecule has 1 aromatic rings. The number of amides is 3. The molecule has 0 unspecified atom stereocenters. The molecule has 2 aliphatic rings. The largest absolute Gasteiger partial charge is 0.356 e. The highest BCUT2D eigenvalue weighted by Crippen LogP contribution is 2.26. The van der Waals surface area contributed by atoms with Gasteiger partial charge >= 0.3 is 0 Å². The molecule has 3 amide bonds. The Bertz CT molecular complexity index is 924. The summed E-state index contributed by atoms with van der Waals surface area (Å²) in [6.45, 7) is 4.20. The predicted octanol–water partition coefficient (Wildman–Crippen LogP) is 1.56. The lowest BCUT2D eigenvalue weighted by atomic mass is 9.94. The maximum Gasteiger partial charge on any atom is 0.243 e. The first-order chi connectivity index (χ1) is 15.3. The average Bonchev–Trinajstić information content (AvgIpc) is 3.16. The van der Waals surface area contributed by atoms with Gasteiger partial charge in [-0.25, -0.2) is 8.42 Å². The second-order valence-electron chi connectivity index (χ2n) is 8.44. The van der Waals surface area contributed by atoms with Gasteiger partial charge in [0, 0.05) is 58.2 Å². The van der Waals surface area contributed by atoms with Crippen LogP contribution in [0.25, 0.3) is 0 Å². The number of carbonyl (C=O) groups is 3. The molecule has 0 radical (unpaired) electrons. The van der Waals surface area contributed by atoms with Gasteiger partial charge < -0.3 is 15.5 Å². The molecule has 0 atom stereocenters. The van der Waals surface area contributed by atoms with Crippen LogP contribution in [0.1, 0.15) is 45.4 Å². The number of carbonyl (C=O) groups excluding carboxylic acids is 3. The molecule has 0 aromatic heterocycles. The molecule has 2 N–H and O–H groups in total. The van der Waals surface area contributed by atoms with Crippen LogP contribution < -0.4 is 10.6 Å². The van der Waals surface area contributed by atoms with Gasteiger partial charge in [0.05, 0.1) is 4.90 Å². The van der Waals surface area contributed by atoms with Crippen molar-refractivity contribution in [2.75, 3.05) is 38.0 Å². The minimum atomic E-state index is -3.60. The van der Waals surface area contributed by atoms with E-state index in [9.17, 15) is 22.8 Å². The van der Waals surface area contributed by atoms with Crippen molar-refractivity contribution in [3.8, 4) is 0 Å². The van der Waals surface area contributed by atoms with Crippen LogP contribution in [0.2, 0.25) is 0 Å². The predicted molar refractivity (Wildman–Crippen MR) is 120 cm³/mol. The van der Waals surface area contributed by atoms with Gasteiger partial charge in [0.25, 0.3) is 0 Å². The molecule has 176 valence electrons. The molecule has 2 fully saturated rings. The molecule has 0 bridgehead atoms. The summed E-state index contributed by atoms with van der Waals surface area (Å²) in [5, 5.41) is 5.53. The van der Waals surface area contributed by atoms with E-state index in [0.29, 0.717) is 57.5 Å². The van der Waals surface area contributed by atoms with E-state index in [1.165, 1.54) is 23.4 Å². The molecular weight excluding hydrogens is 432 g/mol. The van der Waals surface area contributed by atoms with Gasteiger partial charge in [-0.3, -0.25) is 14.4 Å². The molecular formula is C22H32N4O5S. The van der Waals surface area contributed by atoms with E-state index in [1.54, 1.807) is 12.1 Å². The standard InChI is InChI=1S/C22H32N4O5S/c1-17(27)24-19-5-7-20(8-6-19)32(30,31)26-14-9-18(10-15-26)16-21(28)23-11-3-13-25-12-2-4-22(25)29/h5-8,18H,2-4,9-16H2,1H3,(H,23,28)(H,24,27). The van der Waals surface area contributed by atoms with Crippen LogP contribution in [0.4, 0.5) is 5.69 Å². The fourth-order valence-electron chi connectivity index (χ4n) is 4.19. The topological polar surface area (TPSA) is 116 Å². The van der Waals surface area contributed by atoms with Crippen molar-refractivity contribution >= 4 is 33.4 Å². The number of sulfonamides is 1. The van der Waals surface area contributed by atoms with Crippen molar-refractivity contribution < 1.29 is 22.8 Å². The number of hydrogen-bond donors (Lipinski definition) is 2. The summed E-state index contributed by atoms with van der Waals surface area (Å²) >= 11 is 0. The van der Waals surface area contributed by atoms with Crippen molar-refractivity contribution in [1.82, 2.24) is 14.5 Å². The Morgan fingerprint density at radius 3 is 2.38 bits per heavy atom. The Hall–Kier alpha value is -2.46. The van der Waals surface area contributed by atoms with Crippen LogP contribution in [-0.4, -0.2) is 68.1 Å². The molecule has 9 nitrogen and oxygen atoms in total. The molecule has 10 heteroatoms. The summed E-state index contributed by atoms with van der Waals surface area (Å²) < 4.78 is 27.2. The van der Waals surface area contributed by atoms with Gasteiger partial charge in [0.2, 0.25) is 27.7 Å². The lowest BCUT2D eigenvalue weighted by Gasteiger charge is -2.31. The van der Waals surface area contributed by atoms with Crippen LogP contribution in [0.5, 0.6) is 0 Å². The monoisotopic (exact) mass is 464 g/mol. The van der Waals surface area contributed by atoms with Gasteiger partial charge in [-0.05, 0) is 55.9 Å². The van der Waals surface area contributed by atoms with Crippen molar-refractivity contribution in [2.45, 2.75) is 50.3 Å². The summed E-state index contributed by atoms with van der Waals surface area (Å²) in [6, 6.07) is 6.14. The summed E-state index contributed by atoms with van der Waals surface area (Å²) in [5.74, 6) is 0.117. The number of nitrogens with one attached hydrogen (secondary N) is 2. The molecule has 2 heterocycles. The van der Waals surface area contributed by atoms with E-state index < -0.39 is 10.0 Å². The van der Waals surface area contributed by atoms with Crippen LogP contribution in [-0.2, 0) is 24.4 Å². The minimum absolute atomic E-state index is 0.0207. The Kier molecular flexibility index (Phi) is 8.25. The Balaban J connectivity index is 1.39. The maximum absolute atomic E-state index is 12.9. The van der Waals surface area contributed by atoms with Crippen LogP contribution in [0, 0.1) is 5.92 Å². The second-order valence-corrected chi connectivity index (χ2v) is 10.4. The van der Waals surface area contributed by atoms with Crippen LogP contribution >= 0.6 is 0 Å². The van der Waals surface area contributed by atoms with E-state index in [1.807, 2.05) is 4.90 Å².